The maximum absolute atomic E-state index is 12.3. The van der Waals surface area contributed by atoms with E-state index in [1.807, 2.05) is 0 Å². The smallest absolute Gasteiger partial charge is 0.387 e. The van der Waals surface area contributed by atoms with Gasteiger partial charge in [-0.25, -0.2) is 9.59 Å². The summed E-state index contributed by atoms with van der Waals surface area (Å²) in [5, 5.41) is 0.746. The van der Waals surface area contributed by atoms with Gasteiger partial charge in [0.25, 0.3) is 0 Å². The lowest BCUT2D eigenvalue weighted by atomic mass is 10.1. The number of carbonyl (C=O) groups is 1. The first kappa shape index (κ1) is 17.6. The van der Waals surface area contributed by atoms with Crippen molar-refractivity contribution in [2.45, 2.75) is 20.5 Å². The fourth-order valence-electron chi connectivity index (χ4n) is 2.54. The van der Waals surface area contributed by atoms with Gasteiger partial charge in [0, 0.05) is 17.0 Å². The molecule has 134 valence electrons. The van der Waals surface area contributed by atoms with E-state index in [1.54, 1.807) is 26.0 Å². The maximum atomic E-state index is 12.3. The van der Waals surface area contributed by atoms with E-state index in [0.29, 0.717) is 11.1 Å². The Balaban J connectivity index is 1.87. The van der Waals surface area contributed by atoms with Gasteiger partial charge in [-0.2, -0.15) is 8.78 Å². The lowest BCUT2D eigenvalue weighted by molar-refractivity contribution is -0.0498. The Morgan fingerprint density at radius 3 is 2.42 bits per heavy atom. The zero-order chi connectivity index (χ0) is 18.8. The van der Waals surface area contributed by atoms with Crippen LogP contribution in [0, 0.1) is 13.8 Å². The number of aryl methyl sites for hydroxylation is 2. The molecule has 0 unspecified atom stereocenters. The molecule has 1 aromatic heterocycles. The van der Waals surface area contributed by atoms with Crippen LogP contribution < -0.4 is 15.1 Å². The molecule has 26 heavy (non-hydrogen) atoms. The average Bonchev–Trinajstić information content (AvgIpc) is 2.58. The van der Waals surface area contributed by atoms with Crippen molar-refractivity contribution in [1.29, 1.82) is 0 Å². The summed E-state index contributed by atoms with van der Waals surface area (Å²) in [5.41, 5.74) is 1.29. The predicted molar refractivity (Wildman–Crippen MR) is 90.0 cm³/mol. The van der Waals surface area contributed by atoms with E-state index in [-0.39, 0.29) is 17.1 Å². The summed E-state index contributed by atoms with van der Waals surface area (Å²) in [7, 11) is 0. The number of fused-ring (bicyclic) bond motifs is 1. The Hall–Kier alpha value is -3.22. The van der Waals surface area contributed by atoms with Crippen LogP contribution in [0.25, 0.3) is 11.0 Å². The molecule has 7 heteroatoms. The van der Waals surface area contributed by atoms with Crippen molar-refractivity contribution in [2.75, 3.05) is 0 Å². The predicted octanol–water partition coefficient (Wildman–Crippen LogP) is 4.23. The molecule has 0 amide bonds. The van der Waals surface area contributed by atoms with Crippen LogP contribution in [-0.2, 0) is 0 Å². The number of ether oxygens (including phenoxy) is 2. The molecule has 3 aromatic rings. The lowest BCUT2D eigenvalue weighted by Crippen LogP contribution is -2.10. The molecule has 2 aromatic carbocycles. The number of alkyl halides is 2. The first-order valence-electron chi connectivity index (χ1n) is 7.66. The molecule has 0 aliphatic rings. The first-order chi connectivity index (χ1) is 12.3. The minimum atomic E-state index is -2.94. The second-order valence-electron chi connectivity index (χ2n) is 5.61. The van der Waals surface area contributed by atoms with Crippen LogP contribution in [0.5, 0.6) is 11.5 Å². The Bertz CT molecular complexity index is 1020. The molecule has 0 aliphatic heterocycles. The molecule has 0 aliphatic carbocycles. The lowest BCUT2D eigenvalue weighted by Gasteiger charge is -2.10. The average molecular weight is 360 g/mol. The Morgan fingerprint density at radius 2 is 1.77 bits per heavy atom. The number of rotatable bonds is 4. The maximum Gasteiger partial charge on any atom is 0.387 e. The third-order valence-electron chi connectivity index (χ3n) is 3.84. The number of esters is 1. The molecule has 1 heterocycles. The quantitative estimate of drug-likeness (QED) is 0.396. The molecule has 0 radical (unpaired) electrons. The van der Waals surface area contributed by atoms with Crippen molar-refractivity contribution in [1.82, 2.24) is 0 Å². The van der Waals surface area contributed by atoms with Gasteiger partial charge in [0.2, 0.25) is 0 Å². The molecular weight excluding hydrogens is 346 g/mol. The highest BCUT2D eigenvalue weighted by atomic mass is 19.3. The summed E-state index contributed by atoms with van der Waals surface area (Å²) in [6.45, 7) is 0.520. The van der Waals surface area contributed by atoms with E-state index < -0.39 is 18.2 Å². The fourth-order valence-corrected chi connectivity index (χ4v) is 2.54. The van der Waals surface area contributed by atoms with Crippen molar-refractivity contribution in [3.8, 4) is 11.5 Å². The minimum absolute atomic E-state index is 0.0595. The van der Waals surface area contributed by atoms with E-state index in [0.717, 1.165) is 10.9 Å². The molecule has 0 saturated carbocycles. The zero-order valence-corrected chi connectivity index (χ0v) is 13.9. The van der Waals surface area contributed by atoms with E-state index in [2.05, 4.69) is 4.74 Å². The Labute approximate surface area is 146 Å². The summed E-state index contributed by atoms with van der Waals surface area (Å²) in [6, 6.07) is 9.83. The number of hydrogen-bond donors (Lipinski definition) is 0. The second-order valence-corrected chi connectivity index (χ2v) is 5.61. The van der Waals surface area contributed by atoms with E-state index in [4.69, 9.17) is 9.15 Å². The molecule has 0 spiro atoms. The van der Waals surface area contributed by atoms with Crippen molar-refractivity contribution in [3.63, 3.8) is 0 Å². The highest BCUT2D eigenvalue weighted by Gasteiger charge is 2.15. The summed E-state index contributed by atoms with van der Waals surface area (Å²) < 4.78 is 39.1. The van der Waals surface area contributed by atoms with Crippen molar-refractivity contribution >= 4 is 16.9 Å². The van der Waals surface area contributed by atoms with Crippen molar-refractivity contribution in [2.24, 2.45) is 0 Å². The van der Waals surface area contributed by atoms with Crippen LogP contribution >= 0.6 is 0 Å². The van der Waals surface area contributed by atoms with Crippen LogP contribution in [0.15, 0.2) is 51.7 Å². The minimum Gasteiger partial charge on any atom is -0.435 e. The van der Waals surface area contributed by atoms with Crippen LogP contribution in [0.1, 0.15) is 21.5 Å². The van der Waals surface area contributed by atoms with Gasteiger partial charge in [-0.05, 0) is 55.8 Å². The highest BCUT2D eigenvalue weighted by molar-refractivity contribution is 5.92. The topological polar surface area (TPSA) is 65.7 Å². The second kappa shape index (κ2) is 6.95. The summed E-state index contributed by atoms with van der Waals surface area (Å²) in [5.74, 6) is -0.495. The fraction of sp³-hybridized carbons (Fsp3) is 0.158. The van der Waals surface area contributed by atoms with Crippen molar-refractivity contribution < 1.29 is 27.5 Å². The number of benzene rings is 2. The largest absolute Gasteiger partial charge is 0.435 e. The van der Waals surface area contributed by atoms with Gasteiger partial charge in [0.15, 0.2) is 0 Å². The normalized spacial score (nSPS) is 11.0. The molecular formula is C19H14F2O5. The van der Waals surface area contributed by atoms with Gasteiger partial charge in [0.1, 0.15) is 17.1 Å². The summed E-state index contributed by atoms with van der Waals surface area (Å²) in [6.07, 6.45) is 0. The first-order valence-corrected chi connectivity index (χ1v) is 7.66. The van der Waals surface area contributed by atoms with Crippen LogP contribution in [0.4, 0.5) is 8.78 Å². The molecule has 0 fully saturated rings. The number of hydrogen-bond acceptors (Lipinski definition) is 5. The molecule has 0 bridgehead atoms. The summed E-state index contributed by atoms with van der Waals surface area (Å²) in [4.78, 5) is 23.8. The molecule has 0 saturated heterocycles. The van der Waals surface area contributed by atoms with Crippen LogP contribution in [0.3, 0.4) is 0 Å². The van der Waals surface area contributed by atoms with Crippen LogP contribution in [0.2, 0.25) is 0 Å². The van der Waals surface area contributed by atoms with Gasteiger partial charge in [-0.15, -0.1) is 0 Å². The SMILES string of the molecule is Cc1cc(=O)oc2c(C)c(OC(=O)c3ccc(OC(F)F)cc3)ccc12. The molecule has 5 nitrogen and oxygen atoms in total. The molecule has 0 N–H and O–H groups in total. The molecule has 3 rings (SSSR count). The number of carbonyl (C=O) groups excluding carboxylic acids is 1. The summed E-state index contributed by atoms with van der Waals surface area (Å²) >= 11 is 0. The van der Waals surface area contributed by atoms with Crippen molar-refractivity contribution in [3.05, 3.63) is 69.6 Å². The van der Waals surface area contributed by atoms with Gasteiger partial charge in [0.05, 0.1) is 5.56 Å². The Morgan fingerprint density at radius 1 is 1.08 bits per heavy atom. The third-order valence-corrected chi connectivity index (χ3v) is 3.84. The zero-order valence-electron chi connectivity index (χ0n) is 13.9. The van der Waals surface area contributed by atoms with Gasteiger partial charge in [-0.1, -0.05) is 0 Å². The standard InChI is InChI=1S/C19H14F2O5/c1-10-9-16(22)26-17-11(2)15(8-7-14(10)17)25-18(23)12-3-5-13(6-4-12)24-19(20)21/h3-9,19H,1-2H3. The van der Waals surface area contributed by atoms with Gasteiger partial charge < -0.3 is 13.9 Å². The number of halogens is 2. The Kier molecular flexibility index (Phi) is 4.71. The highest BCUT2D eigenvalue weighted by Crippen LogP contribution is 2.28. The van der Waals surface area contributed by atoms with Crippen LogP contribution in [-0.4, -0.2) is 12.6 Å². The monoisotopic (exact) mass is 360 g/mol. The van der Waals surface area contributed by atoms with E-state index in [1.165, 1.54) is 30.3 Å². The molecule has 0 atom stereocenters. The van der Waals surface area contributed by atoms with Gasteiger partial charge in [-0.3, -0.25) is 0 Å². The van der Waals surface area contributed by atoms with E-state index >= 15 is 0 Å². The van der Waals surface area contributed by atoms with Gasteiger partial charge >= 0.3 is 18.2 Å². The van der Waals surface area contributed by atoms with E-state index in [9.17, 15) is 18.4 Å². The third kappa shape index (κ3) is 3.56.